The van der Waals surface area contributed by atoms with Crippen molar-refractivity contribution in [2.75, 3.05) is 39.8 Å². The Balaban J connectivity index is 1.62. The zero-order valence-corrected chi connectivity index (χ0v) is 11.8. The van der Waals surface area contributed by atoms with Crippen LogP contribution in [0.15, 0.2) is 30.3 Å². The van der Waals surface area contributed by atoms with Gasteiger partial charge in [0.1, 0.15) is 0 Å². The predicted molar refractivity (Wildman–Crippen MR) is 77.1 cm³/mol. The van der Waals surface area contributed by atoms with Crippen molar-refractivity contribution in [3.8, 4) is 0 Å². The molecule has 1 aromatic carbocycles. The van der Waals surface area contributed by atoms with Gasteiger partial charge in [0.05, 0.1) is 12.2 Å². The third kappa shape index (κ3) is 3.16. The normalized spacial score (nSPS) is 24.7. The van der Waals surface area contributed by atoms with Gasteiger partial charge in [0.25, 0.3) is 0 Å². The Morgan fingerprint density at radius 2 is 1.84 bits per heavy atom. The summed E-state index contributed by atoms with van der Waals surface area (Å²) in [5.41, 5.74) is 1.53. The first-order valence-electron chi connectivity index (χ1n) is 7.35. The third-order valence-corrected chi connectivity index (χ3v) is 4.47. The first kappa shape index (κ1) is 13.1. The van der Waals surface area contributed by atoms with Crippen LogP contribution in [0.25, 0.3) is 0 Å². The number of morpholine rings is 1. The molecular formula is C16H24N2O. The number of likely N-dealkylation sites (tertiary alicyclic amines) is 1. The van der Waals surface area contributed by atoms with E-state index in [0.717, 1.165) is 26.2 Å². The molecule has 0 bridgehead atoms. The highest BCUT2D eigenvalue weighted by molar-refractivity contribution is 5.14. The van der Waals surface area contributed by atoms with Gasteiger partial charge in [-0.2, -0.15) is 0 Å². The Morgan fingerprint density at radius 1 is 1.11 bits per heavy atom. The van der Waals surface area contributed by atoms with Gasteiger partial charge in [0.2, 0.25) is 0 Å². The molecule has 2 aliphatic rings. The van der Waals surface area contributed by atoms with E-state index in [2.05, 4.69) is 47.2 Å². The number of piperidine rings is 1. The molecule has 3 rings (SSSR count). The Labute approximate surface area is 116 Å². The molecule has 2 fully saturated rings. The van der Waals surface area contributed by atoms with Gasteiger partial charge in [-0.1, -0.05) is 30.3 Å². The summed E-state index contributed by atoms with van der Waals surface area (Å²) >= 11 is 0. The molecule has 0 saturated carbocycles. The SMILES string of the molecule is CN1CCC2(CC1)CN(Cc1ccccc1)CCO2. The number of nitrogens with zero attached hydrogens (tertiary/aromatic N) is 2. The predicted octanol–water partition coefficient (Wildman–Crippen LogP) is 1.98. The highest BCUT2D eigenvalue weighted by Crippen LogP contribution is 2.30. The molecule has 2 saturated heterocycles. The fourth-order valence-corrected chi connectivity index (χ4v) is 3.23. The fraction of sp³-hybridized carbons (Fsp3) is 0.625. The van der Waals surface area contributed by atoms with Crippen LogP contribution in [0.3, 0.4) is 0 Å². The number of hydrogen-bond donors (Lipinski definition) is 0. The van der Waals surface area contributed by atoms with Crippen molar-refractivity contribution in [3.63, 3.8) is 0 Å². The van der Waals surface area contributed by atoms with Gasteiger partial charge in [-0.15, -0.1) is 0 Å². The average molecular weight is 260 g/mol. The Kier molecular flexibility index (Phi) is 3.87. The minimum Gasteiger partial charge on any atom is -0.372 e. The lowest BCUT2D eigenvalue weighted by molar-refractivity contribution is -0.135. The van der Waals surface area contributed by atoms with E-state index in [1.807, 2.05) is 0 Å². The standard InChI is InChI=1S/C16H24N2O/c1-17-9-7-16(8-10-17)14-18(11-12-19-16)13-15-5-3-2-4-6-15/h2-6H,7-14H2,1H3. The summed E-state index contributed by atoms with van der Waals surface area (Å²) in [5.74, 6) is 0. The van der Waals surface area contributed by atoms with Crippen LogP contribution in [0.5, 0.6) is 0 Å². The second kappa shape index (κ2) is 5.61. The second-order valence-corrected chi connectivity index (χ2v) is 6.03. The van der Waals surface area contributed by atoms with E-state index in [0.29, 0.717) is 0 Å². The molecule has 2 aliphatic heterocycles. The van der Waals surface area contributed by atoms with Crippen molar-refractivity contribution < 1.29 is 4.74 Å². The number of rotatable bonds is 2. The molecule has 0 unspecified atom stereocenters. The van der Waals surface area contributed by atoms with E-state index >= 15 is 0 Å². The summed E-state index contributed by atoms with van der Waals surface area (Å²) in [6, 6.07) is 10.8. The third-order valence-electron chi connectivity index (χ3n) is 4.47. The summed E-state index contributed by atoms with van der Waals surface area (Å²) in [6.07, 6.45) is 2.35. The Bertz CT molecular complexity index is 398. The minimum absolute atomic E-state index is 0.125. The molecule has 0 amide bonds. The first-order chi connectivity index (χ1) is 9.26. The van der Waals surface area contributed by atoms with E-state index in [-0.39, 0.29) is 5.60 Å². The van der Waals surface area contributed by atoms with Gasteiger partial charge in [-0.25, -0.2) is 0 Å². The highest BCUT2D eigenvalue weighted by atomic mass is 16.5. The van der Waals surface area contributed by atoms with Gasteiger partial charge in [0, 0.05) is 32.7 Å². The maximum Gasteiger partial charge on any atom is 0.0833 e. The van der Waals surface area contributed by atoms with Crippen LogP contribution in [-0.4, -0.2) is 55.2 Å². The van der Waals surface area contributed by atoms with Crippen LogP contribution < -0.4 is 0 Å². The molecule has 19 heavy (non-hydrogen) atoms. The summed E-state index contributed by atoms with van der Waals surface area (Å²) < 4.78 is 6.15. The fourth-order valence-electron chi connectivity index (χ4n) is 3.23. The first-order valence-corrected chi connectivity index (χ1v) is 7.35. The summed E-state index contributed by atoms with van der Waals surface area (Å²) in [4.78, 5) is 4.97. The lowest BCUT2D eigenvalue weighted by Crippen LogP contribution is -2.56. The van der Waals surface area contributed by atoms with Crippen molar-refractivity contribution in [1.29, 1.82) is 0 Å². The molecule has 0 aliphatic carbocycles. The van der Waals surface area contributed by atoms with Gasteiger partial charge in [0.15, 0.2) is 0 Å². The van der Waals surface area contributed by atoms with Gasteiger partial charge >= 0.3 is 0 Å². The van der Waals surface area contributed by atoms with Crippen molar-refractivity contribution in [1.82, 2.24) is 9.80 Å². The van der Waals surface area contributed by atoms with Gasteiger partial charge in [-0.3, -0.25) is 4.90 Å². The van der Waals surface area contributed by atoms with E-state index in [4.69, 9.17) is 4.74 Å². The lowest BCUT2D eigenvalue weighted by atomic mass is 9.89. The van der Waals surface area contributed by atoms with Crippen LogP contribution in [0.2, 0.25) is 0 Å². The number of benzene rings is 1. The highest BCUT2D eigenvalue weighted by Gasteiger charge is 2.38. The smallest absolute Gasteiger partial charge is 0.0833 e. The Hall–Kier alpha value is -0.900. The average Bonchev–Trinajstić information content (AvgIpc) is 2.44. The molecule has 1 aromatic rings. The van der Waals surface area contributed by atoms with Crippen LogP contribution in [-0.2, 0) is 11.3 Å². The molecule has 3 nitrogen and oxygen atoms in total. The van der Waals surface area contributed by atoms with Crippen molar-refractivity contribution in [2.45, 2.75) is 25.0 Å². The van der Waals surface area contributed by atoms with Gasteiger partial charge < -0.3 is 9.64 Å². The van der Waals surface area contributed by atoms with Crippen molar-refractivity contribution >= 4 is 0 Å². The largest absolute Gasteiger partial charge is 0.372 e. The molecule has 3 heteroatoms. The molecule has 0 N–H and O–H groups in total. The summed E-state index contributed by atoms with van der Waals surface area (Å²) in [5, 5.41) is 0. The summed E-state index contributed by atoms with van der Waals surface area (Å²) in [6.45, 7) is 6.43. The molecule has 2 heterocycles. The minimum atomic E-state index is 0.125. The number of ether oxygens (including phenoxy) is 1. The summed E-state index contributed by atoms with van der Waals surface area (Å²) in [7, 11) is 2.21. The Morgan fingerprint density at radius 3 is 2.58 bits per heavy atom. The molecule has 1 spiro atoms. The maximum atomic E-state index is 6.15. The molecule has 0 aromatic heterocycles. The van der Waals surface area contributed by atoms with E-state index in [1.54, 1.807) is 0 Å². The topological polar surface area (TPSA) is 15.7 Å². The van der Waals surface area contributed by atoms with E-state index in [1.165, 1.54) is 31.5 Å². The maximum absolute atomic E-state index is 6.15. The monoisotopic (exact) mass is 260 g/mol. The van der Waals surface area contributed by atoms with E-state index < -0.39 is 0 Å². The lowest BCUT2D eigenvalue weighted by Gasteiger charge is -2.46. The van der Waals surface area contributed by atoms with Crippen LogP contribution in [0.1, 0.15) is 18.4 Å². The van der Waals surface area contributed by atoms with Crippen LogP contribution in [0, 0.1) is 0 Å². The molecular weight excluding hydrogens is 236 g/mol. The van der Waals surface area contributed by atoms with Crippen LogP contribution in [0.4, 0.5) is 0 Å². The second-order valence-electron chi connectivity index (χ2n) is 6.03. The van der Waals surface area contributed by atoms with Crippen molar-refractivity contribution in [3.05, 3.63) is 35.9 Å². The quantitative estimate of drug-likeness (QED) is 0.809. The van der Waals surface area contributed by atoms with Crippen LogP contribution >= 0.6 is 0 Å². The molecule has 104 valence electrons. The van der Waals surface area contributed by atoms with E-state index in [9.17, 15) is 0 Å². The zero-order chi connectivity index (χ0) is 13.1. The zero-order valence-electron chi connectivity index (χ0n) is 11.8. The molecule has 0 atom stereocenters. The number of hydrogen-bond acceptors (Lipinski definition) is 3. The van der Waals surface area contributed by atoms with Gasteiger partial charge in [-0.05, 0) is 25.5 Å². The molecule has 0 radical (unpaired) electrons. The van der Waals surface area contributed by atoms with Crippen molar-refractivity contribution in [2.24, 2.45) is 0 Å².